The highest BCUT2D eigenvalue weighted by atomic mass is 32.1. The van der Waals surface area contributed by atoms with Crippen molar-refractivity contribution in [2.45, 2.75) is 38.5 Å². The normalized spacial score (nSPS) is 15.6. The van der Waals surface area contributed by atoms with Crippen molar-refractivity contribution in [2.75, 3.05) is 5.73 Å². The van der Waals surface area contributed by atoms with Crippen LogP contribution in [0.5, 0.6) is 0 Å². The third kappa shape index (κ3) is 3.77. The van der Waals surface area contributed by atoms with Crippen LogP contribution in [-0.2, 0) is 11.2 Å². The van der Waals surface area contributed by atoms with Gasteiger partial charge in [-0.3, -0.25) is 4.79 Å². The second-order valence-corrected chi connectivity index (χ2v) is 5.08. The van der Waals surface area contributed by atoms with Crippen LogP contribution >= 0.6 is 11.3 Å². The molecule has 0 aliphatic heterocycles. The minimum absolute atomic E-state index is 0.167. The van der Waals surface area contributed by atoms with E-state index in [4.69, 9.17) is 5.73 Å². The maximum Gasteiger partial charge on any atom is 0.247 e. The molecule has 7 heteroatoms. The van der Waals surface area contributed by atoms with Crippen LogP contribution in [0.3, 0.4) is 0 Å². The zero-order valence-electron chi connectivity index (χ0n) is 9.48. The molecule has 0 spiro atoms. The summed E-state index contributed by atoms with van der Waals surface area (Å²) in [5.41, 5.74) is 9.07. The number of hydrogen-bond donors (Lipinski definition) is 2. The highest BCUT2D eigenvalue weighted by Gasteiger charge is 2.09. The lowest BCUT2D eigenvalue weighted by atomic mass is 9.99. The molecule has 1 aromatic heterocycles. The Labute approximate surface area is 103 Å². The molecule has 1 saturated carbocycles. The van der Waals surface area contributed by atoms with Crippen LogP contribution in [0, 0.1) is 0 Å². The second-order valence-electron chi connectivity index (χ2n) is 3.98. The van der Waals surface area contributed by atoms with Crippen molar-refractivity contribution in [3.05, 3.63) is 5.01 Å². The summed E-state index contributed by atoms with van der Waals surface area (Å²) in [5.74, 6) is -0.167. The molecule has 0 saturated heterocycles. The van der Waals surface area contributed by atoms with Gasteiger partial charge < -0.3 is 5.73 Å². The van der Waals surface area contributed by atoms with Gasteiger partial charge in [-0.05, 0) is 25.7 Å². The molecule has 0 bridgehead atoms. The predicted octanol–water partition coefficient (Wildman–Crippen LogP) is 1.10. The van der Waals surface area contributed by atoms with Gasteiger partial charge >= 0.3 is 0 Å². The van der Waals surface area contributed by atoms with E-state index in [1.807, 2.05) is 0 Å². The molecule has 92 valence electrons. The number of nitrogen functional groups attached to an aromatic ring is 1. The lowest BCUT2D eigenvalue weighted by molar-refractivity contribution is -0.120. The lowest BCUT2D eigenvalue weighted by Gasteiger charge is -2.11. The van der Waals surface area contributed by atoms with Crippen molar-refractivity contribution in [2.24, 2.45) is 5.10 Å². The van der Waals surface area contributed by atoms with Gasteiger partial charge in [0, 0.05) is 5.71 Å². The van der Waals surface area contributed by atoms with E-state index < -0.39 is 0 Å². The van der Waals surface area contributed by atoms with E-state index >= 15 is 0 Å². The Bertz CT molecular complexity index is 420. The van der Waals surface area contributed by atoms with Crippen molar-refractivity contribution < 1.29 is 4.79 Å². The molecule has 1 aromatic rings. The fourth-order valence-electron chi connectivity index (χ4n) is 1.73. The van der Waals surface area contributed by atoms with E-state index in [1.165, 1.54) is 30.6 Å². The van der Waals surface area contributed by atoms with Crippen LogP contribution in [0.1, 0.15) is 37.1 Å². The Balaban J connectivity index is 1.81. The van der Waals surface area contributed by atoms with E-state index in [9.17, 15) is 4.79 Å². The highest BCUT2D eigenvalue weighted by molar-refractivity contribution is 7.15. The number of amides is 1. The van der Waals surface area contributed by atoms with Crippen LogP contribution in [-0.4, -0.2) is 21.8 Å². The lowest BCUT2D eigenvalue weighted by Crippen LogP contribution is -2.22. The van der Waals surface area contributed by atoms with Crippen molar-refractivity contribution >= 4 is 28.1 Å². The Morgan fingerprint density at radius 3 is 2.76 bits per heavy atom. The molecule has 2 rings (SSSR count). The minimum Gasteiger partial charge on any atom is -0.374 e. The summed E-state index contributed by atoms with van der Waals surface area (Å²) in [5, 5.41) is 12.6. The number of rotatable bonds is 3. The van der Waals surface area contributed by atoms with E-state index in [-0.39, 0.29) is 12.3 Å². The van der Waals surface area contributed by atoms with Gasteiger partial charge in [-0.2, -0.15) is 5.10 Å². The Morgan fingerprint density at radius 2 is 2.12 bits per heavy atom. The summed E-state index contributed by atoms with van der Waals surface area (Å²) in [6, 6.07) is 0. The minimum atomic E-state index is -0.167. The van der Waals surface area contributed by atoms with E-state index in [0.717, 1.165) is 18.6 Å². The molecular weight excluding hydrogens is 238 g/mol. The Morgan fingerprint density at radius 1 is 1.35 bits per heavy atom. The molecule has 1 aliphatic rings. The number of aromatic nitrogens is 2. The summed E-state index contributed by atoms with van der Waals surface area (Å²) in [7, 11) is 0. The average molecular weight is 253 g/mol. The van der Waals surface area contributed by atoms with Crippen LogP contribution in [0.2, 0.25) is 0 Å². The van der Waals surface area contributed by atoms with Crippen molar-refractivity contribution in [3.63, 3.8) is 0 Å². The molecule has 6 nitrogen and oxygen atoms in total. The molecule has 3 N–H and O–H groups in total. The van der Waals surface area contributed by atoms with Crippen LogP contribution < -0.4 is 11.2 Å². The zero-order chi connectivity index (χ0) is 12.1. The smallest absolute Gasteiger partial charge is 0.247 e. The molecule has 0 radical (unpaired) electrons. The zero-order valence-corrected chi connectivity index (χ0v) is 10.3. The third-order valence-electron chi connectivity index (χ3n) is 2.56. The SMILES string of the molecule is Nc1nnc(CC(=O)NN=C2CCCCC2)s1. The molecule has 0 atom stereocenters. The van der Waals surface area contributed by atoms with Gasteiger partial charge in [0.15, 0.2) is 0 Å². The first kappa shape index (κ1) is 12.0. The van der Waals surface area contributed by atoms with E-state index in [2.05, 4.69) is 20.7 Å². The van der Waals surface area contributed by atoms with Gasteiger partial charge in [-0.25, -0.2) is 5.43 Å². The van der Waals surface area contributed by atoms with Gasteiger partial charge in [0.1, 0.15) is 5.01 Å². The fourth-order valence-corrected chi connectivity index (χ4v) is 2.34. The monoisotopic (exact) mass is 253 g/mol. The highest BCUT2D eigenvalue weighted by Crippen LogP contribution is 2.14. The standard InChI is InChI=1S/C10H15N5OS/c11-10-15-14-9(17-10)6-8(16)13-12-7-4-2-1-3-5-7/h1-6H2,(H2,11,15)(H,13,16). The largest absolute Gasteiger partial charge is 0.374 e. The first-order valence-electron chi connectivity index (χ1n) is 5.66. The number of carbonyl (C=O) groups excluding carboxylic acids is 1. The Hall–Kier alpha value is -1.50. The fraction of sp³-hybridized carbons (Fsp3) is 0.600. The molecule has 1 fully saturated rings. The number of hydrazone groups is 1. The number of carbonyl (C=O) groups is 1. The van der Waals surface area contributed by atoms with Gasteiger partial charge in [0.05, 0.1) is 6.42 Å². The summed E-state index contributed by atoms with van der Waals surface area (Å²) in [6.45, 7) is 0. The number of nitrogens with zero attached hydrogens (tertiary/aromatic N) is 3. The summed E-state index contributed by atoms with van der Waals surface area (Å²) in [6.07, 6.45) is 5.77. The molecule has 1 amide bonds. The van der Waals surface area contributed by atoms with Crippen molar-refractivity contribution in [3.8, 4) is 0 Å². The average Bonchev–Trinajstić information content (AvgIpc) is 2.73. The number of hydrogen-bond acceptors (Lipinski definition) is 6. The number of nitrogens with one attached hydrogen (secondary N) is 1. The topological polar surface area (TPSA) is 93.3 Å². The Kier molecular flexibility index (Phi) is 4.03. The first-order valence-corrected chi connectivity index (χ1v) is 6.48. The van der Waals surface area contributed by atoms with Crippen LogP contribution in [0.15, 0.2) is 5.10 Å². The van der Waals surface area contributed by atoms with Crippen LogP contribution in [0.4, 0.5) is 5.13 Å². The molecule has 0 aromatic carbocycles. The molecule has 1 aliphatic carbocycles. The molecule has 17 heavy (non-hydrogen) atoms. The maximum absolute atomic E-state index is 11.5. The maximum atomic E-state index is 11.5. The third-order valence-corrected chi connectivity index (χ3v) is 3.32. The molecule has 1 heterocycles. The van der Waals surface area contributed by atoms with Gasteiger partial charge in [0.25, 0.3) is 0 Å². The summed E-state index contributed by atoms with van der Waals surface area (Å²) < 4.78 is 0. The van der Waals surface area contributed by atoms with Gasteiger partial charge in [-0.1, -0.05) is 17.8 Å². The quantitative estimate of drug-likeness (QED) is 0.789. The molecular formula is C10H15N5OS. The van der Waals surface area contributed by atoms with Crippen molar-refractivity contribution in [1.29, 1.82) is 0 Å². The molecule has 0 unspecified atom stereocenters. The van der Waals surface area contributed by atoms with Crippen LogP contribution in [0.25, 0.3) is 0 Å². The van der Waals surface area contributed by atoms with E-state index in [1.54, 1.807) is 0 Å². The summed E-state index contributed by atoms with van der Waals surface area (Å²) >= 11 is 1.22. The number of nitrogens with two attached hydrogens (primary N) is 1. The van der Waals surface area contributed by atoms with Gasteiger partial charge in [0.2, 0.25) is 11.0 Å². The van der Waals surface area contributed by atoms with Gasteiger partial charge in [-0.15, -0.1) is 10.2 Å². The summed E-state index contributed by atoms with van der Waals surface area (Å²) in [4.78, 5) is 11.5. The first-order chi connectivity index (χ1) is 8.24. The second kappa shape index (κ2) is 5.72. The number of anilines is 1. The van der Waals surface area contributed by atoms with Crippen molar-refractivity contribution in [1.82, 2.24) is 15.6 Å². The predicted molar refractivity (Wildman–Crippen MR) is 66.7 cm³/mol. The van der Waals surface area contributed by atoms with E-state index in [0.29, 0.717) is 10.1 Å².